The quantitative estimate of drug-likeness (QED) is 0.727. The van der Waals surface area contributed by atoms with Crippen LogP contribution in [0.25, 0.3) is 11.4 Å². The van der Waals surface area contributed by atoms with E-state index in [-0.39, 0.29) is 17.9 Å². The number of nitrogens with one attached hydrogen (secondary N) is 1. The molecule has 2 fully saturated rings. The third-order valence-electron chi connectivity index (χ3n) is 5.09. The summed E-state index contributed by atoms with van der Waals surface area (Å²) in [7, 11) is 0. The number of carbonyl (C=O) groups excluding carboxylic acids is 1. The molecule has 1 saturated carbocycles. The Morgan fingerprint density at radius 3 is 2.85 bits per heavy atom. The van der Waals surface area contributed by atoms with Crippen LogP contribution in [0.15, 0.2) is 42.9 Å². The average Bonchev–Trinajstić information content (AvgIpc) is 3.18. The van der Waals surface area contributed by atoms with Crippen LogP contribution in [-0.2, 0) is 11.2 Å². The predicted molar refractivity (Wildman–Crippen MR) is 90.4 cm³/mol. The van der Waals surface area contributed by atoms with Crippen LogP contribution in [0.5, 0.6) is 0 Å². The molecule has 3 aromatic heterocycles. The number of aromatic amines is 1. The van der Waals surface area contributed by atoms with E-state index in [0.717, 1.165) is 17.5 Å². The molecule has 0 radical (unpaired) electrons. The summed E-state index contributed by atoms with van der Waals surface area (Å²) < 4.78 is 13.0. The minimum Gasteiger partial charge on any atom is -0.276 e. The first-order valence-electron chi connectivity index (χ1n) is 8.47. The topological polar surface area (TPSA) is 87.7 Å². The molecule has 0 spiro atoms. The number of fused-ring (bicyclic) bond motifs is 1. The first kappa shape index (κ1) is 15.1. The van der Waals surface area contributed by atoms with Crippen molar-refractivity contribution in [2.24, 2.45) is 11.8 Å². The molecule has 1 N–H and O–H groups in total. The number of H-pyrrole nitrogens is 1. The van der Waals surface area contributed by atoms with Crippen LogP contribution >= 0.6 is 0 Å². The molecule has 7 nitrogen and oxygen atoms in total. The van der Waals surface area contributed by atoms with Crippen molar-refractivity contribution >= 4 is 11.9 Å². The van der Waals surface area contributed by atoms with Gasteiger partial charge in [0.2, 0.25) is 11.9 Å². The number of pyridine rings is 2. The van der Waals surface area contributed by atoms with E-state index in [1.54, 1.807) is 23.4 Å². The van der Waals surface area contributed by atoms with E-state index in [4.69, 9.17) is 0 Å². The number of rotatable bonds is 4. The molecule has 1 saturated heterocycles. The number of hydrogen-bond donors (Lipinski definition) is 1. The maximum Gasteiger partial charge on any atom is 0.251 e. The average molecular weight is 350 g/mol. The summed E-state index contributed by atoms with van der Waals surface area (Å²) >= 11 is 0. The Bertz CT molecular complexity index is 957. The molecule has 5 rings (SSSR count). The minimum atomic E-state index is -0.512. The van der Waals surface area contributed by atoms with Gasteiger partial charge in [-0.2, -0.15) is 9.37 Å². The van der Waals surface area contributed by atoms with E-state index in [2.05, 4.69) is 25.1 Å². The monoisotopic (exact) mass is 350 g/mol. The third kappa shape index (κ3) is 2.45. The number of halogens is 1. The second-order valence-corrected chi connectivity index (χ2v) is 6.69. The molecule has 3 aromatic rings. The summed E-state index contributed by atoms with van der Waals surface area (Å²) in [5, 5.41) is 7.14. The van der Waals surface area contributed by atoms with Crippen LogP contribution in [0.2, 0.25) is 0 Å². The van der Waals surface area contributed by atoms with Crippen molar-refractivity contribution in [1.82, 2.24) is 25.1 Å². The lowest BCUT2D eigenvalue weighted by Crippen LogP contribution is -2.33. The molecule has 4 heterocycles. The van der Waals surface area contributed by atoms with Gasteiger partial charge in [0.05, 0.1) is 0 Å². The molecule has 0 aromatic carbocycles. The predicted octanol–water partition coefficient (Wildman–Crippen LogP) is 1.99. The Morgan fingerprint density at radius 2 is 2.08 bits per heavy atom. The zero-order chi connectivity index (χ0) is 17.7. The standard InChI is InChI=1S/C18H15FN6O/c19-15-2-1-10(9-21-15)7-13-12-8-14(12)25(17(13)26)18-22-16(23-24-18)11-3-5-20-6-4-11/h1-6,9,12-14H,7-8H2,(H,22,23,24)/t12-,13+,14-/m0/s1. The van der Waals surface area contributed by atoms with Gasteiger partial charge >= 0.3 is 0 Å². The number of hydrogen-bond acceptors (Lipinski definition) is 5. The Morgan fingerprint density at radius 1 is 1.23 bits per heavy atom. The van der Waals surface area contributed by atoms with E-state index in [1.807, 2.05) is 12.1 Å². The van der Waals surface area contributed by atoms with Crippen LogP contribution in [0.1, 0.15) is 12.0 Å². The first-order chi connectivity index (χ1) is 12.7. The number of amides is 1. The van der Waals surface area contributed by atoms with Crippen molar-refractivity contribution in [2.75, 3.05) is 4.90 Å². The molecule has 26 heavy (non-hydrogen) atoms. The molecule has 1 amide bonds. The van der Waals surface area contributed by atoms with E-state index in [9.17, 15) is 9.18 Å². The van der Waals surface area contributed by atoms with E-state index in [1.165, 1.54) is 12.3 Å². The van der Waals surface area contributed by atoms with Crippen LogP contribution in [0, 0.1) is 17.8 Å². The molecule has 130 valence electrons. The molecule has 8 heteroatoms. The lowest BCUT2D eigenvalue weighted by molar-refractivity contribution is -0.121. The highest BCUT2D eigenvalue weighted by Crippen LogP contribution is 2.51. The summed E-state index contributed by atoms with van der Waals surface area (Å²) in [6, 6.07) is 6.83. The molecule has 1 aliphatic carbocycles. The van der Waals surface area contributed by atoms with E-state index < -0.39 is 5.95 Å². The Balaban J connectivity index is 1.37. The second kappa shape index (κ2) is 5.69. The maximum atomic E-state index is 13.0. The Labute approximate surface area is 148 Å². The van der Waals surface area contributed by atoms with Crippen molar-refractivity contribution in [3.8, 4) is 11.4 Å². The number of anilines is 1. The zero-order valence-corrected chi connectivity index (χ0v) is 13.7. The lowest BCUT2D eigenvalue weighted by Gasteiger charge is -2.17. The zero-order valence-electron chi connectivity index (χ0n) is 13.7. The van der Waals surface area contributed by atoms with Crippen molar-refractivity contribution in [1.29, 1.82) is 0 Å². The fourth-order valence-electron chi connectivity index (χ4n) is 3.72. The Kier molecular flexibility index (Phi) is 3.31. The summed E-state index contributed by atoms with van der Waals surface area (Å²) in [5.41, 5.74) is 1.73. The van der Waals surface area contributed by atoms with Gasteiger partial charge < -0.3 is 0 Å². The number of piperidine rings is 1. The maximum absolute atomic E-state index is 13.0. The van der Waals surface area contributed by atoms with Gasteiger partial charge in [0.15, 0.2) is 5.82 Å². The fourth-order valence-corrected chi connectivity index (χ4v) is 3.72. The normalized spacial score (nSPS) is 24.0. The van der Waals surface area contributed by atoms with Gasteiger partial charge in [-0.1, -0.05) is 6.07 Å². The lowest BCUT2D eigenvalue weighted by atomic mass is 9.96. The van der Waals surface area contributed by atoms with Crippen molar-refractivity contribution in [3.05, 3.63) is 54.4 Å². The van der Waals surface area contributed by atoms with Gasteiger partial charge in [0.25, 0.3) is 5.95 Å². The molecule has 0 bridgehead atoms. The van der Waals surface area contributed by atoms with Crippen LogP contribution < -0.4 is 4.90 Å². The van der Waals surface area contributed by atoms with Crippen LogP contribution in [0.4, 0.5) is 10.3 Å². The third-order valence-corrected chi connectivity index (χ3v) is 5.09. The first-order valence-corrected chi connectivity index (χ1v) is 8.47. The molecule has 3 atom stereocenters. The Hall–Kier alpha value is -3.16. The fraction of sp³-hybridized carbons (Fsp3) is 0.278. The van der Waals surface area contributed by atoms with Gasteiger partial charge in [-0.3, -0.25) is 19.8 Å². The highest BCUT2D eigenvalue weighted by atomic mass is 19.1. The summed E-state index contributed by atoms with van der Waals surface area (Å²) in [6.45, 7) is 0. The largest absolute Gasteiger partial charge is 0.276 e. The molecule has 0 unspecified atom stereocenters. The van der Waals surface area contributed by atoms with Crippen LogP contribution in [0.3, 0.4) is 0 Å². The highest BCUT2D eigenvalue weighted by Gasteiger charge is 2.59. The van der Waals surface area contributed by atoms with Crippen molar-refractivity contribution < 1.29 is 9.18 Å². The highest BCUT2D eigenvalue weighted by molar-refractivity contribution is 5.98. The molecule has 2 aliphatic rings. The van der Waals surface area contributed by atoms with Gasteiger partial charge in [0, 0.05) is 36.1 Å². The molecular formula is C18H15FN6O. The number of aromatic nitrogens is 5. The van der Waals surface area contributed by atoms with Gasteiger partial charge in [0.1, 0.15) is 0 Å². The van der Waals surface area contributed by atoms with Gasteiger partial charge in [-0.05, 0) is 42.5 Å². The smallest absolute Gasteiger partial charge is 0.251 e. The van der Waals surface area contributed by atoms with Crippen molar-refractivity contribution in [3.63, 3.8) is 0 Å². The SMILES string of the molecule is O=C1[C@H](Cc2ccc(F)nc2)[C@@H]2C[C@@H]2N1c1n[nH]c(-c2ccncc2)n1. The summed E-state index contributed by atoms with van der Waals surface area (Å²) in [6.07, 6.45) is 6.37. The summed E-state index contributed by atoms with van der Waals surface area (Å²) in [4.78, 5) is 26.7. The van der Waals surface area contributed by atoms with E-state index in [0.29, 0.717) is 24.1 Å². The molecular weight excluding hydrogens is 335 g/mol. The summed E-state index contributed by atoms with van der Waals surface area (Å²) in [5.74, 6) is 0.704. The van der Waals surface area contributed by atoms with Gasteiger partial charge in [-0.25, -0.2) is 4.98 Å². The van der Waals surface area contributed by atoms with Crippen LogP contribution in [-0.4, -0.2) is 37.1 Å². The van der Waals surface area contributed by atoms with Crippen molar-refractivity contribution in [2.45, 2.75) is 18.9 Å². The second-order valence-electron chi connectivity index (χ2n) is 6.69. The minimum absolute atomic E-state index is 0.0239. The van der Waals surface area contributed by atoms with E-state index >= 15 is 0 Å². The number of carbonyl (C=O) groups is 1. The van der Waals surface area contributed by atoms with Gasteiger partial charge in [-0.15, -0.1) is 5.10 Å². The molecule has 1 aliphatic heterocycles. The number of nitrogens with zero attached hydrogens (tertiary/aromatic N) is 5.